The minimum absolute atomic E-state index is 0.0131. The first-order chi connectivity index (χ1) is 6.68. The number of hydrogen-bond donors (Lipinski definition) is 1. The fourth-order valence-electron chi connectivity index (χ4n) is 1.86. The number of anilines is 1. The van der Waals surface area contributed by atoms with Crippen molar-refractivity contribution in [2.24, 2.45) is 0 Å². The lowest BCUT2D eigenvalue weighted by Crippen LogP contribution is -2.25. The summed E-state index contributed by atoms with van der Waals surface area (Å²) in [5.74, 6) is -0.324. The lowest BCUT2D eigenvalue weighted by atomic mass is 10.2. The van der Waals surface area contributed by atoms with Gasteiger partial charge in [0, 0.05) is 18.7 Å². The van der Waals surface area contributed by atoms with Gasteiger partial charge in [0.25, 0.3) is 0 Å². The normalized spacial score (nSPS) is 21.5. The molecule has 14 heavy (non-hydrogen) atoms. The van der Waals surface area contributed by atoms with Crippen LogP contribution >= 0.6 is 0 Å². The molecule has 1 aromatic rings. The van der Waals surface area contributed by atoms with Gasteiger partial charge in [-0.05, 0) is 25.8 Å². The average molecular weight is 195 g/mol. The summed E-state index contributed by atoms with van der Waals surface area (Å²) in [4.78, 5) is 12.7. The molecule has 2 heterocycles. The van der Waals surface area contributed by atoms with Gasteiger partial charge in [0.15, 0.2) is 5.88 Å². The Balaban J connectivity index is 2.20. The van der Waals surface area contributed by atoms with Gasteiger partial charge in [0.1, 0.15) is 0 Å². The third kappa shape index (κ3) is 1.47. The highest BCUT2D eigenvalue weighted by molar-refractivity contribution is 5.84. The van der Waals surface area contributed by atoms with Crippen molar-refractivity contribution in [3.05, 3.63) is 17.9 Å². The van der Waals surface area contributed by atoms with Gasteiger partial charge in [-0.1, -0.05) is 0 Å². The van der Waals surface area contributed by atoms with Crippen molar-refractivity contribution in [3.8, 4) is 0 Å². The molecule has 0 amide bonds. The second-order valence-electron chi connectivity index (χ2n) is 3.63. The molecule has 2 rings (SSSR count). The van der Waals surface area contributed by atoms with E-state index in [1.54, 1.807) is 6.07 Å². The molecular formula is C10H13NO3. The zero-order valence-electron chi connectivity index (χ0n) is 8.06. The monoisotopic (exact) mass is 195 g/mol. The molecule has 0 bridgehead atoms. The topological polar surface area (TPSA) is 53.7 Å². The predicted octanol–water partition coefficient (Wildman–Crippen LogP) is 1.97. The molecule has 1 fully saturated rings. The van der Waals surface area contributed by atoms with Crippen molar-refractivity contribution in [1.29, 1.82) is 0 Å². The molecule has 0 saturated carbocycles. The number of carbonyl (C=O) groups is 1. The zero-order valence-corrected chi connectivity index (χ0v) is 8.06. The highest BCUT2D eigenvalue weighted by Crippen LogP contribution is 2.26. The number of nitrogens with zero attached hydrogens (tertiary/aromatic N) is 1. The Hall–Kier alpha value is -1.45. The van der Waals surface area contributed by atoms with E-state index < -0.39 is 5.97 Å². The second-order valence-corrected chi connectivity index (χ2v) is 3.63. The van der Waals surface area contributed by atoms with E-state index in [9.17, 15) is 4.79 Å². The van der Waals surface area contributed by atoms with Crippen LogP contribution in [0.4, 0.5) is 5.88 Å². The van der Waals surface area contributed by atoms with Gasteiger partial charge in [-0.2, -0.15) is 0 Å². The van der Waals surface area contributed by atoms with Gasteiger partial charge >= 0.3 is 5.97 Å². The molecule has 1 unspecified atom stereocenters. The molecule has 1 N–H and O–H groups in total. The molecule has 76 valence electrons. The van der Waals surface area contributed by atoms with Gasteiger partial charge in [-0.15, -0.1) is 0 Å². The summed E-state index contributed by atoms with van der Waals surface area (Å²) in [5.41, 5.74) is 0. The molecule has 1 aromatic heterocycles. The first-order valence-corrected chi connectivity index (χ1v) is 4.78. The van der Waals surface area contributed by atoms with E-state index in [1.165, 1.54) is 6.07 Å². The van der Waals surface area contributed by atoms with Crippen molar-refractivity contribution in [2.75, 3.05) is 11.4 Å². The number of hydrogen-bond acceptors (Lipinski definition) is 3. The van der Waals surface area contributed by atoms with Crippen molar-refractivity contribution >= 4 is 11.9 Å². The summed E-state index contributed by atoms with van der Waals surface area (Å²) in [6, 6.07) is 3.68. The van der Waals surface area contributed by atoms with Crippen LogP contribution in [0.15, 0.2) is 16.5 Å². The summed E-state index contributed by atoms with van der Waals surface area (Å²) >= 11 is 0. The summed E-state index contributed by atoms with van der Waals surface area (Å²) in [6.45, 7) is 3.07. The number of carboxylic acids is 1. The Morgan fingerprint density at radius 1 is 1.64 bits per heavy atom. The van der Waals surface area contributed by atoms with Crippen LogP contribution in [0.2, 0.25) is 0 Å². The van der Waals surface area contributed by atoms with E-state index in [1.807, 2.05) is 0 Å². The van der Waals surface area contributed by atoms with E-state index in [0.29, 0.717) is 11.9 Å². The molecule has 0 spiro atoms. The van der Waals surface area contributed by atoms with E-state index in [4.69, 9.17) is 9.52 Å². The smallest absolute Gasteiger partial charge is 0.371 e. The van der Waals surface area contributed by atoms with Gasteiger partial charge in [0.2, 0.25) is 5.76 Å². The van der Waals surface area contributed by atoms with Crippen LogP contribution in [0.25, 0.3) is 0 Å². The van der Waals surface area contributed by atoms with Crippen molar-refractivity contribution in [2.45, 2.75) is 25.8 Å². The zero-order chi connectivity index (χ0) is 10.1. The number of rotatable bonds is 2. The van der Waals surface area contributed by atoms with Crippen LogP contribution in [-0.4, -0.2) is 23.7 Å². The Kier molecular flexibility index (Phi) is 2.19. The minimum Gasteiger partial charge on any atom is -0.475 e. The molecule has 1 aliphatic heterocycles. The summed E-state index contributed by atoms with van der Waals surface area (Å²) in [7, 11) is 0. The van der Waals surface area contributed by atoms with E-state index in [2.05, 4.69) is 11.8 Å². The van der Waals surface area contributed by atoms with E-state index >= 15 is 0 Å². The predicted molar refractivity (Wildman–Crippen MR) is 51.7 cm³/mol. The number of aromatic carboxylic acids is 1. The van der Waals surface area contributed by atoms with Gasteiger partial charge in [0.05, 0.1) is 0 Å². The lowest BCUT2D eigenvalue weighted by Gasteiger charge is -2.19. The van der Waals surface area contributed by atoms with Gasteiger partial charge in [-0.25, -0.2) is 4.79 Å². The van der Waals surface area contributed by atoms with Gasteiger partial charge in [-0.3, -0.25) is 0 Å². The molecule has 0 aliphatic carbocycles. The molecule has 4 heteroatoms. The Morgan fingerprint density at radius 2 is 2.43 bits per heavy atom. The third-order valence-electron chi connectivity index (χ3n) is 2.64. The molecule has 1 saturated heterocycles. The third-order valence-corrected chi connectivity index (χ3v) is 2.64. The van der Waals surface area contributed by atoms with Crippen LogP contribution in [0.5, 0.6) is 0 Å². The molecule has 0 radical (unpaired) electrons. The Morgan fingerprint density at radius 3 is 2.93 bits per heavy atom. The van der Waals surface area contributed by atoms with Crippen molar-refractivity contribution < 1.29 is 14.3 Å². The Bertz CT molecular complexity index is 345. The number of carboxylic acid groups (broad SMARTS) is 1. The standard InChI is InChI=1S/C10H13NO3/c1-7-3-2-6-11(7)9-5-4-8(14-9)10(12)13/h4-5,7H,2-3,6H2,1H3,(H,12,13). The quantitative estimate of drug-likeness (QED) is 0.783. The Labute approximate surface area is 82.1 Å². The van der Waals surface area contributed by atoms with E-state index in [-0.39, 0.29) is 5.76 Å². The average Bonchev–Trinajstić information content (AvgIpc) is 2.71. The van der Waals surface area contributed by atoms with Crippen LogP contribution < -0.4 is 4.90 Å². The molecule has 1 aliphatic rings. The van der Waals surface area contributed by atoms with Crippen molar-refractivity contribution in [1.82, 2.24) is 0 Å². The summed E-state index contributed by atoms with van der Waals surface area (Å²) < 4.78 is 5.23. The maximum Gasteiger partial charge on any atom is 0.371 e. The van der Waals surface area contributed by atoms with Crippen molar-refractivity contribution in [3.63, 3.8) is 0 Å². The SMILES string of the molecule is CC1CCCN1c1ccc(C(=O)O)o1. The molecule has 0 aromatic carbocycles. The maximum absolute atomic E-state index is 10.6. The van der Waals surface area contributed by atoms with Crippen LogP contribution in [-0.2, 0) is 0 Å². The lowest BCUT2D eigenvalue weighted by molar-refractivity contribution is 0.0663. The highest BCUT2D eigenvalue weighted by atomic mass is 16.4. The fraction of sp³-hybridized carbons (Fsp3) is 0.500. The van der Waals surface area contributed by atoms with Crippen LogP contribution in [0.1, 0.15) is 30.3 Å². The summed E-state index contributed by atoms with van der Waals surface area (Å²) in [5, 5.41) is 8.69. The largest absolute Gasteiger partial charge is 0.475 e. The molecule has 4 nitrogen and oxygen atoms in total. The number of furan rings is 1. The van der Waals surface area contributed by atoms with Crippen LogP contribution in [0.3, 0.4) is 0 Å². The molecule has 1 atom stereocenters. The first-order valence-electron chi connectivity index (χ1n) is 4.78. The molecular weight excluding hydrogens is 182 g/mol. The maximum atomic E-state index is 10.6. The van der Waals surface area contributed by atoms with Crippen LogP contribution in [0, 0.1) is 0 Å². The second kappa shape index (κ2) is 3.36. The minimum atomic E-state index is -1.01. The highest BCUT2D eigenvalue weighted by Gasteiger charge is 2.23. The first kappa shape index (κ1) is 9.12. The van der Waals surface area contributed by atoms with Gasteiger partial charge < -0.3 is 14.4 Å². The fourth-order valence-corrected chi connectivity index (χ4v) is 1.86. The van der Waals surface area contributed by atoms with E-state index in [0.717, 1.165) is 19.4 Å². The summed E-state index contributed by atoms with van der Waals surface area (Å²) in [6.07, 6.45) is 2.29.